The maximum absolute atomic E-state index is 12.6. The zero-order valence-electron chi connectivity index (χ0n) is 14.2. The van der Waals surface area contributed by atoms with Gasteiger partial charge in [-0.2, -0.15) is 0 Å². The molecule has 0 saturated carbocycles. The molecule has 1 aliphatic rings. The highest BCUT2D eigenvalue weighted by Gasteiger charge is 2.25. The van der Waals surface area contributed by atoms with Gasteiger partial charge in [0.25, 0.3) is 5.91 Å². The number of carbonyl (C=O) groups is 1. The lowest BCUT2D eigenvalue weighted by molar-refractivity contribution is 0.0677. The minimum Gasteiger partial charge on any atom is -0.355 e. The Hall–Kier alpha value is -1.56. The van der Waals surface area contributed by atoms with Crippen LogP contribution in [0.2, 0.25) is 5.02 Å². The van der Waals surface area contributed by atoms with Gasteiger partial charge in [-0.3, -0.25) is 4.79 Å². The molecule has 1 N–H and O–H groups in total. The predicted octanol–water partition coefficient (Wildman–Crippen LogP) is 3.88. The smallest absolute Gasteiger partial charge is 0.276 e. The first-order valence-corrected chi connectivity index (χ1v) is 8.71. The SMILES string of the molecule is CNCCC1CCN(C(=O)c2cc(-c3ccc(Cl)cc3)on2)CC1.Cl. The van der Waals surface area contributed by atoms with E-state index in [-0.39, 0.29) is 18.3 Å². The Kier molecular flexibility index (Phi) is 7.29. The van der Waals surface area contributed by atoms with E-state index in [9.17, 15) is 4.79 Å². The van der Waals surface area contributed by atoms with E-state index in [0.29, 0.717) is 22.4 Å². The van der Waals surface area contributed by atoms with Crippen molar-refractivity contribution in [2.24, 2.45) is 5.92 Å². The molecule has 2 aromatic rings. The predicted molar refractivity (Wildman–Crippen MR) is 101 cm³/mol. The Bertz CT molecular complexity index is 680. The average Bonchev–Trinajstić information content (AvgIpc) is 3.10. The van der Waals surface area contributed by atoms with Gasteiger partial charge < -0.3 is 14.7 Å². The summed E-state index contributed by atoms with van der Waals surface area (Å²) in [5.74, 6) is 1.23. The van der Waals surface area contributed by atoms with Gasteiger partial charge in [0.1, 0.15) is 0 Å². The summed E-state index contributed by atoms with van der Waals surface area (Å²) in [5, 5.41) is 7.80. The Morgan fingerprint density at radius 2 is 2.00 bits per heavy atom. The first kappa shape index (κ1) is 19.8. The van der Waals surface area contributed by atoms with Gasteiger partial charge in [0, 0.05) is 29.7 Å². The fourth-order valence-electron chi connectivity index (χ4n) is 3.06. The lowest BCUT2D eigenvalue weighted by Crippen LogP contribution is -2.39. The Morgan fingerprint density at radius 1 is 1.32 bits per heavy atom. The minimum atomic E-state index is -0.0500. The number of likely N-dealkylation sites (tertiary alicyclic amines) is 1. The number of carbonyl (C=O) groups excluding carboxylic acids is 1. The largest absolute Gasteiger partial charge is 0.355 e. The van der Waals surface area contributed by atoms with Crippen LogP contribution in [0.4, 0.5) is 0 Å². The fraction of sp³-hybridized carbons (Fsp3) is 0.444. The van der Waals surface area contributed by atoms with Crippen LogP contribution < -0.4 is 5.32 Å². The van der Waals surface area contributed by atoms with E-state index < -0.39 is 0 Å². The van der Waals surface area contributed by atoms with E-state index in [0.717, 1.165) is 38.0 Å². The van der Waals surface area contributed by atoms with E-state index in [1.165, 1.54) is 6.42 Å². The van der Waals surface area contributed by atoms with Gasteiger partial charge in [0.15, 0.2) is 11.5 Å². The number of nitrogens with zero attached hydrogens (tertiary/aromatic N) is 2. The zero-order valence-corrected chi connectivity index (χ0v) is 15.8. The Labute approximate surface area is 159 Å². The number of rotatable bonds is 5. The molecule has 0 atom stereocenters. The molecule has 136 valence electrons. The summed E-state index contributed by atoms with van der Waals surface area (Å²) in [6.45, 7) is 2.61. The summed E-state index contributed by atoms with van der Waals surface area (Å²) in [4.78, 5) is 14.5. The number of amides is 1. The Morgan fingerprint density at radius 3 is 2.64 bits per heavy atom. The quantitative estimate of drug-likeness (QED) is 0.850. The van der Waals surface area contributed by atoms with Crippen LogP contribution in [0.1, 0.15) is 29.8 Å². The molecular weight excluding hydrogens is 361 g/mol. The van der Waals surface area contributed by atoms with Crippen LogP contribution in [0, 0.1) is 5.92 Å². The average molecular weight is 384 g/mol. The van der Waals surface area contributed by atoms with E-state index >= 15 is 0 Å². The molecule has 1 aromatic carbocycles. The van der Waals surface area contributed by atoms with Crippen molar-refractivity contribution in [3.63, 3.8) is 0 Å². The minimum absolute atomic E-state index is 0. The van der Waals surface area contributed by atoms with Crippen molar-refractivity contribution in [3.05, 3.63) is 41.0 Å². The lowest BCUT2D eigenvalue weighted by Gasteiger charge is -2.31. The fourth-order valence-corrected chi connectivity index (χ4v) is 3.19. The van der Waals surface area contributed by atoms with E-state index in [1.54, 1.807) is 18.2 Å². The molecular formula is C18H23Cl2N3O2. The van der Waals surface area contributed by atoms with Crippen molar-refractivity contribution >= 4 is 29.9 Å². The van der Waals surface area contributed by atoms with Gasteiger partial charge in [-0.15, -0.1) is 12.4 Å². The summed E-state index contributed by atoms with van der Waals surface area (Å²) in [7, 11) is 1.97. The molecule has 7 heteroatoms. The standard InChI is InChI=1S/C18H22ClN3O2.ClH/c1-20-9-6-13-7-10-22(11-8-13)18(23)16-12-17(24-21-16)14-2-4-15(19)5-3-14;/h2-5,12-13,20H,6-11H2,1H3;1H. The maximum Gasteiger partial charge on any atom is 0.276 e. The summed E-state index contributed by atoms with van der Waals surface area (Å²) in [6.07, 6.45) is 3.27. The number of nitrogens with one attached hydrogen (secondary N) is 1. The number of hydrogen-bond donors (Lipinski definition) is 1. The normalized spacial score (nSPS) is 15.0. The van der Waals surface area contributed by atoms with Crippen LogP contribution in [-0.2, 0) is 0 Å². The van der Waals surface area contributed by atoms with Crippen LogP contribution in [0.3, 0.4) is 0 Å². The van der Waals surface area contributed by atoms with Gasteiger partial charge in [0.2, 0.25) is 0 Å². The van der Waals surface area contributed by atoms with E-state index in [2.05, 4.69) is 10.5 Å². The van der Waals surface area contributed by atoms with Crippen LogP contribution >= 0.6 is 24.0 Å². The van der Waals surface area contributed by atoms with Crippen LogP contribution in [0.25, 0.3) is 11.3 Å². The molecule has 2 heterocycles. The van der Waals surface area contributed by atoms with Crippen molar-refractivity contribution in [1.29, 1.82) is 0 Å². The van der Waals surface area contributed by atoms with Gasteiger partial charge in [-0.25, -0.2) is 0 Å². The molecule has 3 rings (SSSR count). The van der Waals surface area contributed by atoms with Crippen LogP contribution in [0.15, 0.2) is 34.9 Å². The van der Waals surface area contributed by atoms with E-state index in [4.69, 9.17) is 16.1 Å². The summed E-state index contributed by atoms with van der Waals surface area (Å²) < 4.78 is 5.33. The molecule has 1 aromatic heterocycles. The monoisotopic (exact) mass is 383 g/mol. The summed E-state index contributed by atoms with van der Waals surface area (Å²) in [6, 6.07) is 8.99. The number of piperidine rings is 1. The summed E-state index contributed by atoms with van der Waals surface area (Å²) >= 11 is 5.89. The van der Waals surface area contributed by atoms with Crippen LogP contribution in [-0.4, -0.2) is 42.6 Å². The molecule has 5 nitrogen and oxygen atoms in total. The molecule has 0 spiro atoms. The van der Waals surface area contributed by atoms with Gasteiger partial charge in [-0.05, 0) is 63.0 Å². The topological polar surface area (TPSA) is 58.4 Å². The number of hydrogen-bond acceptors (Lipinski definition) is 4. The number of halogens is 2. The first-order valence-electron chi connectivity index (χ1n) is 8.34. The first-order chi connectivity index (χ1) is 11.7. The van der Waals surface area contributed by atoms with Gasteiger partial charge in [0.05, 0.1) is 0 Å². The lowest BCUT2D eigenvalue weighted by atomic mass is 9.93. The number of aromatic nitrogens is 1. The van der Waals surface area contributed by atoms with Crippen molar-refractivity contribution in [3.8, 4) is 11.3 Å². The second kappa shape index (κ2) is 9.22. The molecule has 25 heavy (non-hydrogen) atoms. The zero-order chi connectivity index (χ0) is 16.9. The van der Waals surface area contributed by atoms with E-state index in [1.807, 2.05) is 24.1 Å². The molecule has 1 aliphatic heterocycles. The molecule has 1 fully saturated rings. The van der Waals surface area contributed by atoms with Crippen LogP contribution in [0.5, 0.6) is 0 Å². The highest BCUT2D eigenvalue weighted by Crippen LogP contribution is 2.25. The molecule has 0 bridgehead atoms. The highest BCUT2D eigenvalue weighted by molar-refractivity contribution is 6.30. The van der Waals surface area contributed by atoms with Gasteiger partial charge in [-0.1, -0.05) is 16.8 Å². The maximum atomic E-state index is 12.6. The van der Waals surface area contributed by atoms with Gasteiger partial charge >= 0.3 is 0 Å². The van der Waals surface area contributed by atoms with Crippen molar-refractivity contribution < 1.29 is 9.32 Å². The van der Waals surface area contributed by atoms with Crippen molar-refractivity contribution in [2.45, 2.75) is 19.3 Å². The third kappa shape index (κ3) is 4.97. The molecule has 0 radical (unpaired) electrons. The second-order valence-electron chi connectivity index (χ2n) is 6.21. The highest BCUT2D eigenvalue weighted by atomic mass is 35.5. The molecule has 1 amide bonds. The number of benzene rings is 1. The third-order valence-corrected chi connectivity index (χ3v) is 4.81. The molecule has 1 saturated heterocycles. The second-order valence-corrected chi connectivity index (χ2v) is 6.65. The molecule has 0 unspecified atom stereocenters. The Balaban J connectivity index is 0.00000225. The van der Waals surface area contributed by atoms with Crippen molar-refractivity contribution in [2.75, 3.05) is 26.7 Å². The summed E-state index contributed by atoms with van der Waals surface area (Å²) in [5.41, 5.74) is 1.23. The molecule has 0 aliphatic carbocycles. The van der Waals surface area contributed by atoms with Crippen molar-refractivity contribution in [1.82, 2.24) is 15.4 Å². The third-order valence-electron chi connectivity index (χ3n) is 4.56.